The summed E-state index contributed by atoms with van der Waals surface area (Å²) in [5.41, 5.74) is 0. The van der Waals surface area contributed by atoms with E-state index in [0.717, 1.165) is 34.6 Å². The molecule has 10 aliphatic rings. The zero-order chi connectivity index (χ0) is 97.9. The van der Waals surface area contributed by atoms with E-state index in [-0.39, 0.29) is 6.41 Å². The number of carbonyl (C=O) groups is 6. The highest BCUT2D eigenvalue weighted by Crippen LogP contribution is 2.40. The van der Waals surface area contributed by atoms with Gasteiger partial charge in [0.2, 0.25) is 35.9 Å². The van der Waals surface area contributed by atoms with E-state index in [1.54, 1.807) is 0 Å². The van der Waals surface area contributed by atoms with Gasteiger partial charge in [0.15, 0.2) is 62.9 Å². The number of amides is 6. The van der Waals surface area contributed by atoms with E-state index in [0.29, 0.717) is 0 Å². The number of carbonyl (C=O) groups excluding carboxylic acids is 6. The Bertz CT molecular complexity index is 3630. The summed E-state index contributed by atoms with van der Waals surface area (Å²) >= 11 is 0. The van der Waals surface area contributed by atoms with Crippen molar-refractivity contribution in [3.63, 3.8) is 0 Å². The summed E-state index contributed by atoms with van der Waals surface area (Å²) < 4.78 is 118. The van der Waals surface area contributed by atoms with Crippen molar-refractivity contribution in [1.82, 2.24) is 31.9 Å². The van der Waals surface area contributed by atoms with Crippen molar-refractivity contribution in [2.45, 2.75) is 347 Å². The number of nitrogens with one attached hydrogen (secondary N) is 6. The van der Waals surface area contributed by atoms with E-state index in [9.17, 15) is 167 Å². The van der Waals surface area contributed by atoms with Crippen LogP contribution in [0.15, 0.2) is 0 Å². The molecule has 10 rings (SSSR count). The van der Waals surface area contributed by atoms with Gasteiger partial charge in [0.05, 0.1) is 85.3 Å². The standard InChI is InChI=1S/C74H124N6O53/c1-19(90)76-35-46(101)40(95)25(7-82)118-65(35)115-15-32-42(97)51(106)54(109)71(125-32)128-59-28(10-85)121-67(37(48(59)103)78-21(3)92)117-17-34-45(100)64(133-68-36(77-20(2)91)47(102)41(96)26(8-83)119-68)58(113)74(127-34)130-60-29(11-86)122-66(38(49(60)104)79-22(4)93)116-16-33-43(98)52(107)55(110)72(126-33)129-61-30(12-87)123-69(39(50(61)105)80-23(5)94)132-63-44(99)27(9-84)120-73(57(63)112)131-62-31(13-88)124-70(56(111)53(62)108)114-14-24(6-81)75-18-89/h18,24-74,81-88,95-113H,6-17H2,1-5H3,(H,75,89)(H,76,90)(H,77,91)(H,78,92)(H,79,93)(H,80,94)/t24-,25-,26-,27-,28-,29-,30-,31-,32-,33-,34-,35-,36-,37-,38-,39-,40-,41-,42+,43+,44+,45+,46-,47-,48-,49-,50-,51+,52+,53-,54-,55-,56-,57-,58-,59-,60-,61-,62-,63+,64+,65-,66-,67-,68+,69+,70-,71+,72+,73+,74+/m1/s1. The van der Waals surface area contributed by atoms with Gasteiger partial charge in [-0.2, -0.15) is 0 Å². The maximum Gasteiger partial charge on any atom is 0.217 e. The van der Waals surface area contributed by atoms with Gasteiger partial charge >= 0.3 is 0 Å². The maximum atomic E-state index is 13.1. The average Bonchev–Trinajstić information content (AvgIpc) is 0.778. The van der Waals surface area contributed by atoms with Gasteiger partial charge in [-0.05, 0) is 0 Å². The highest BCUT2D eigenvalue weighted by Gasteiger charge is 2.61. The first-order valence-electron chi connectivity index (χ1n) is 42.3. The zero-order valence-corrected chi connectivity index (χ0v) is 71.7. The third-order valence-electron chi connectivity index (χ3n) is 23.8. The Kier molecular flexibility index (Phi) is 40.8. The molecule has 10 aliphatic heterocycles. The Labute approximate surface area is 753 Å². The third kappa shape index (κ3) is 25.7. The van der Waals surface area contributed by atoms with Gasteiger partial charge in [0.1, 0.15) is 244 Å². The number of aliphatic hydroxyl groups excluding tert-OH is 27. The molecule has 59 heteroatoms. The van der Waals surface area contributed by atoms with Gasteiger partial charge in [-0.15, -0.1) is 0 Å². The molecule has 10 saturated heterocycles. The number of hydrogen-bond donors (Lipinski definition) is 33. The molecule has 0 unspecified atom stereocenters. The average molecular weight is 1950 g/mol. The van der Waals surface area contributed by atoms with Crippen LogP contribution >= 0.6 is 0 Å². The first-order chi connectivity index (χ1) is 63.0. The smallest absolute Gasteiger partial charge is 0.217 e. The summed E-state index contributed by atoms with van der Waals surface area (Å²) in [4.78, 5) is 74.8. The second-order valence-electron chi connectivity index (χ2n) is 33.3. The molecule has 0 radical (unpaired) electrons. The molecule has 59 nitrogen and oxygen atoms in total. The van der Waals surface area contributed by atoms with Crippen molar-refractivity contribution >= 4 is 35.9 Å². The van der Waals surface area contributed by atoms with Gasteiger partial charge < -0.3 is 265 Å². The molecule has 0 aromatic heterocycles. The lowest BCUT2D eigenvalue weighted by atomic mass is 9.94. The van der Waals surface area contributed by atoms with E-state index in [4.69, 9.17) is 94.7 Å². The monoisotopic (exact) mass is 1940 g/mol. The van der Waals surface area contributed by atoms with Crippen LogP contribution in [0.5, 0.6) is 0 Å². The lowest BCUT2D eigenvalue weighted by Gasteiger charge is -2.50. The molecule has 0 aliphatic carbocycles. The molecule has 133 heavy (non-hydrogen) atoms. The highest BCUT2D eigenvalue weighted by atomic mass is 16.8. The molecular formula is C74H124N6O53. The molecule has 10 heterocycles. The normalized spacial score (nSPS) is 46.7. The topological polar surface area (TPSA) is 905 Å². The zero-order valence-electron chi connectivity index (χ0n) is 71.7. The molecule has 10 fully saturated rings. The first-order valence-corrected chi connectivity index (χ1v) is 42.3. The highest BCUT2D eigenvalue weighted by molar-refractivity contribution is 5.75. The number of aliphatic hydroxyl groups is 27. The van der Waals surface area contributed by atoms with Crippen LogP contribution in [0.2, 0.25) is 0 Å². The van der Waals surface area contributed by atoms with Crippen LogP contribution in [0.3, 0.4) is 0 Å². The summed E-state index contributed by atoms with van der Waals surface area (Å²) in [6.07, 6.45) is -91.0. The summed E-state index contributed by atoms with van der Waals surface area (Å²) in [6, 6.07) is -10.1. The molecule has 0 aromatic carbocycles. The minimum absolute atomic E-state index is 0.250. The number of ether oxygens (including phenoxy) is 20. The molecule has 0 saturated carbocycles. The van der Waals surface area contributed by atoms with Crippen molar-refractivity contribution in [2.75, 3.05) is 79.3 Å². The Morgan fingerprint density at radius 2 is 0.481 bits per heavy atom. The second kappa shape index (κ2) is 49.4. The quantitative estimate of drug-likeness (QED) is 0.0254. The molecule has 768 valence electrons. The number of hydrogen-bond acceptors (Lipinski definition) is 53. The molecule has 33 N–H and O–H groups in total. The Hall–Kier alpha value is -5.06. The van der Waals surface area contributed by atoms with E-state index < -0.39 is 422 Å². The molecular weight excluding hydrogens is 1820 g/mol. The Morgan fingerprint density at radius 1 is 0.248 bits per heavy atom. The molecule has 51 atom stereocenters. The lowest BCUT2D eigenvalue weighted by Crippen LogP contribution is -2.70. The largest absolute Gasteiger partial charge is 0.394 e. The third-order valence-corrected chi connectivity index (χ3v) is 23.8. The predicted octanol–water partition coefficient (Wildman–Crippen LogP) is -23.0. The van der Waals surface area contributed by atoms with Gasteiger partial charge in [-0.1, -0.05) is 0 Å². The van der Waals surface area contributed by atoms with Crippen LogP contribution in [0.1, 0.15) is 34.6 Å². The minimum Gasteiger partial charge on any atom is -0.394 e. The Morgan fingerprint density at radius 3 is 0.812 bits per heavy atom. The number of rotatable bonds is 39. The van der Waals surface area contributed by atoms with Gasteiger partial charge in [-0.25, -0.2) is 0 Å². The van der Waals surface area contributed by atoms with Crippen LogP contribution in [-0.4, -0.2) is 566 Å². The summed E-state index contributed by atoms with van der Waals surface area (Å²) in [7, 11) is 0. The lowest BCUT2D eigenvalue weighted by molar-refractivity contribution is -0.383. The van der Waals surface area contributed by atoms with Crippen molar-refractivity contribution in [1.29, 1.82) is 0 Å². The van der Waals surface area contributed by atoms with Gasteiger partial charge in [0.25, 0.3) is 0 Å². The second-order valence-corrected chi connectivity index (χ2v) is 33.3. The fourth-order valence-electron chi connectivity index (χ4n) is 16.8. The van der Waals surface area contributed by atoms with E-state index in [2.05, 4.69) is 31.9 Å². The molecule has 0 aromatic rings. The van der Waals surface area contributed by atoms with Gasteiger partial charge in [-0.3, -0.25) is 28.8 Å². The molecule has 0 bridgehead atoms. The predicted molar refractivity (Wildman–Crippen MR) is 411 cm³/mol. The van der Waals surface area contributed by atoms with Crippen molar-refractivity contribution in [3.8, 4) is 0 Å². The van der Waals surface area contributed by atoms with Crippen LogP contribution < -0.4 is 31.9 Å². The SMILES string of the molecule is CC(=O)N[C@H]1[C@H](OC[C@H]2O[C@@H](O[C@H]3[C@H](O)[C@@H](NC(C)=O)[C@H](OC[C@H]4O[C@@H](O[C@H]5[C@H](O)[C@@H](NC(C)=O)[C@H](O[C@H]6[C@@H](O)[C@@H](CO)O[C@@H](O[C@H]7[C@H](O)[C@@H](O)[C@H](OC[C@@H](CO)NC=O)O[C@@H]7CO)[C@@H]6O)O[C@@H]5CO)[C@H](O)[C@@H](O)[C@H]4O)O[C@@H]3CO)[C@H](O)[C@@H](O[C@@H]3O[C@H](CO)[C@@H](O)[C@H](O)[C@H]3NC(C)=O)[C@H]2O)O[C@H](CO)[C@@H](O[C@@H]2O[C@H](CO[C@@H]3O[C@H](CO)[C@@H](O)[C@H](O)[C@H]3NC(C)=O)[C@H](O)[C@H](O)[C@H]2O)[C@@H]1O. The van der Waals surface area contributed by atoms with Crippen LogP contribution in [0.25, 0.3) is 0 Å². The van der Waals surface area contributed by atoms with Crippen LogP contribution in [0.4, 0.5) is 0 Å². The van der Waals surface area contributed by atoms with E-state index in [1.165, 1.54) is 0 Å². The van der Waals surface area contributed by atoms with Crippen molar-refractivity contribution in [2.24, 2.45) is 0 Å². The summed E-state index contributed by atoms with van der Waals surface area (Å²) in [5.74, 6) is -4.46. The first kappa shape index (κ1) is 110. The minimum atomic E-state index is -2.44. The Balaban J connectivity index is 0.841. The van der Waals surface area contributed by atoms with Crippen LogP contribution in [0, 0.1) is 0 Å². The molecule has 6 amide bonds. The van der Waals surface area contributed by atoms with E-state index in [1.807, 2.05) is 0 Å². The van der Waals surface area contributed by atoms with Crippen molar-refractivity contribution < 1.29 is 261 Å². The summed E-state index contributed by atoms with van der Waals surface area (Å²) in [6.45, 7) is -6.70. The fourth-order valence-corrected chi connectivity index (χ4v) is 16.8. The maximum absolute atomic E-state index is 13.1. The van der Waals surface area contributed by atoms with Crippen molar-refractivity contribution in [3.05, 3.63) is 0 Å². The summed E-state index contributed by atoms with van der Waals surface area (Å²) in [5, 5.41) is 315. The van der Waals surface area contributed by atoms with Crippen LogP contribution in [-0.2, 0) is 124 Å². The van der Waals surface area contributed by atoms with Gasteiger partial charge in [0, 0.05) is 34.6 Å². The fraction of sp³-hybridized carbons (Fsp3) is 0.919. The molecule has 0 spiro atoms. The van der Waals surface area contributed by atoms with E-state index >= 15 is 0 Å².